The molecule has 0 radical (unpaired) electrons. The van der Waals surface area contributed by atoms with Crippen molar-refractivity contribution in [3.8, 4) is 11.5 Å². The van der Waals surface area contributed by atoms with Crippen molar-refractivity contribution < 1.29 is 28.5 Å². The summed E-state index contributed by atoms with van der Waals surface area (Å²) >= 11 is 0. The number of alkyl halides is 2. The summed E-state index contributed by atoms with van der Waals surface area (Å²) in [7, 11) is 0. The molecule has 0 aliphatic rings. The smallest absolute Gasteiger partial charge is 0.306 e. The van der Waals surface area contributed by atoms with Crippen molar-refractivity contribution in [3.63, 3.8) is 0 Å². The normalized spacial score (nSPS) is 12.2. The Kier molecular flexibility index (Phi) is 8.34. The topological polar surface area (TPSA) is 90.8 Å². The van der Waals surface area contributed by atoms with E-state index in [1.54, 1.807) is 42.5 Å². The summed E-state index contributed by atoms with van der Waals surface area (Å²) in [6.07, 6.45) is 0.212. The minimum Gasteiger partial charge on any atom is -0.506 e. The number of hydrogen-bond donors (Lipinski definition) is 4. The van der Waals surface area contributed by atoms with E-state index in [1.165, 1.54) is 24.3 Å². The van der Waals surface area contributed by atoms with Gasteiger partial charge in [0.25, 0.3) is 0 Å². The number of rotatable bonds is 12. The Morgan fingerprint density at radius 3 is 2.58 bits per heavy atom. The average Bonchev–Trinajstić information content (AvgIpc) is 2.83. The zero-order valence-electron chi connectivity index (χ0n) is 17.9. The molecule has 0 aliphatic carbocycles. The van der Waals surface area contributed by atoms with Crippen LogP contribution in [-0.4, -0.2) is 36.3 Å². The van der Waals surface area contributed by atoms with Crippen LogP contribution in [0.4, 0.5) is 14.5 Å². The first-order valence-electron chi connectivity index (χ1n) is 10.5. The molecule has 0 bridgehead atoms. The first-order valence-corrected chi connectivity index (χ1v) is 10.5. The van der Waals surface area contributed by atoms with Crippen molar-refractivity contribution in [2.75, 3.05) is 25.0 Å². The molecule has 3 aromatic rings. The van der Waals surface area contributed by atoms with Crippen molar-refractivity contribution in [1.82, 2.24) is 5.32 Å². The van der Waals surface area contributed by atoms with E-state index in [4.69, 9.17) is 4.74 Å². The maximum Gasteiger partial charge on any atom is 0.306 e. The van der Waals surface area contributed by atoms with Crippen LogP contribution in [-0.2, 0) is 17.1 Å². The third-order valence-electron chi connectivity index (χ3n) is 5.06. The van der Waals surface area contributed by atoms with E-state index >= 15 is 0 Å². The Balaban J connectivity index is 1.47. The lowest BCUT2D eigenvalue weighted by Crippen LogP contribution is -2.24. The van der Waals surface area contributed by atoms with Crippen LogP contribution < -0.4 is 15.4 Å². The van der Waals surface area contributed by atoms with Crippen molar-refractivity contribution in [3.05, 3.63) is 89.5 Å². The minimum absolute atomic E-state index is 0.0883. The first-order chi connectivity index (χ1) is 15.9. The van der Waals surface area contributed by atoms with Crippen LogP contribution in [0.15, 0.2) is 72.8 Å². The molecule has 8 heteroatoms. The van der Waals surface area contributed by atoms with Crippen LogP contribution >= 0.6 is 0 Å². The van der Waals surface area contributed by atoms with Crippen LogP contribution in [0.5, 0.6) is 11.5 Å². The monoisotopic (exact) mass is 456 g/mol. The molecular formula is C25H26F2N2O4. The molecule has 0 fully saturated rings. The maximum absolute atomic E-state index is 14.3. The van der Waals surface area contributed by atoms with Crippen molar-refractivity contribution in [2.45, 2.75) is 18.4 Å². The quantitative estimate of drug-likeness (QED) is 0.188. The molecule has 1 unspecified atom stereocenters. The van der Waals surface area contributed by atoms with Gasteiger partial charge < -0.3 is 25.6 Å². The number of aromatic hydroxyl groups is 1. The Hall–Kier alpha value is -3.49. The summed E-state index contributed by atoms with van der Waals surface area (Å²) < 4.78 is 34.0. The lowest BCUT2D eigenvalue weighted by Gasteiger charge is -2.18. The second kappa shape index (κ2) is 11.4. The Bertz CT molecular complexity index is 1050. The molecular weight excluding hydrogens is 430 g/mol. The van der Waals surface area contributed by atoms with Gasteiger partial charge in [0, 0.05) is 12.1 Å². The lowest BCUT2D eigenvalue weighted by molar-refractivity contribution is -0.105. The van der Waals surface area contributed by atoms with E-state index in [0.29, 0.717) is 30.7 Å². The number of aliphatic hydroxyl groups is 1. The molecule has 3 rings (SSSR count). The minimum atomic E-state index is -3.09. The summed E-state index contributed by atoms with van der Waals surface area (Å²) in [6.45, 7) is 0.0432. The summed E-state index contributed by atoms with van der Waals surface area (Å²) in [5.74, 6) is -2.82. The molecule has 0 spiro atoms. The average molecular weight is 456 g/mol. The molecule has 1 atom stereocenters. The van der Waals surface area contributed by atoms with E-state index < -0.39 is 18.6 Å². The van der Waals surface area contributed by atoms with E-state index in [2.05, 4.69) is 10.6 Å². The highest BCUT2D eigenvalue weighted by Crippen LogP contribution is 2.29. The second-order valence-corrected chi connectivity index (χ2v) is 7.52. The SMILES string of the molecule is O=CNc1cc(C(O)CNCCc2cccc(OCC(F)(F)c3ccccc3)c2)ccc1O. The van der Waals surface area contributed by atoms with Crippen LogP contribution in [0.3, 0.4) is 0 Å². The van der Waals surface area contributed by atoms with Gasteiger partial charge in [-0.05, 0) is 48.4 Å². The summed E-state index contributed by atoms with van der Waals surface area (Å²) in [6, 6.07) is 19.0. The predicted octanol–water partition coefficient (Wildman–Crippen LogP) is 4.00. The standard InChI is InChI=1S/C25H26F2N2O4/c26-25(27,20-6-2-1-3-7-20)16-33-21-8-4-5-18(13-21)11-12-28-15-24(32)19-9-10-23(31)22(14-19)29-17-30/h1-10,13-14,17,24,28,31-32H,11-12,15-16H2,(H,29,30). The molecule has 0 aliphatic heterocycles. The largest absolute Gasteiger partial charge is 0.506 e. The molecule has 0 saturated heterocycles. The van der Waals surface area contributed by atoms with Gasteiger partial charge in [-0.25, -0.2) is 0 Å². The molecule has 0 heterocycles. The molecule has 3 aromatic carbocycles. The Labute approximate surface area is 190 Å². The predicted molar refractivity (Wildman–Crippen MR) is 122 cm³/mol. The Morgan fingerprint density at radius 1 is 1.03 bits per heavy atom. The van der Waals surface area contributed by atoms with Gasteiger partial charge in [-0.15, -0.1) is 0 Å². The number of amides is 1. The highest BCUT2D eigenvalue weighted by atomic mass is 19.3. The van der Waals surface area contributed by atoms with Crippen LogP contribution in [0.1, 0.15) is 22.8 Å². The van der Waals surface area contributed by atoms with Gasteiger partial charge in [-0.1, -0.05) is 48.5 Å². The van der Waals surface area contributed by atoms with E-state index in [1.807, 2.05) is 6.07 Å². The van der Waals surface area contributed by atoms with Gasteiger partial charge >= 0.3 is 5.92 Å². The van der Waals surface area contributed by atoms with Gasteiger partial charge in [0.05, 0.1) is 11.8 Å². The number of anilines is 1. The number of hydrogen-bond acceptors (Lipinski definition) is 5. The fourth-order valence-electron chi connectivity index (χ4n) is 3.26. The van der Waals surface area contributed by atoms with Crippen molar-refractivity contribution >= 4 is 12.1 Å². The summed E-state index contributed by atoms with van der Waals surface area (Å²) in [5, 5.41) is 25.5. The zero-order chi connectivity index (χ0) is 23.7. The second-order valence-electron chi connectivity index (χ2n) is 7.52. The fourth-order valence-corrected chi connectivity index (χ4v) is 3.26. The zero-order valence-corrected chi connectivity index (χ0v) is 17.9. The molecule has 174 valence electrons. The van der Waals surface area contributed by atoms with Crippen LogP contribution in [0, 0.1) is 0 Å². The summed E-state index contributed by atoms with van der Waals surface area (Å²) in [4.78, 5) is 10.6. The van der Waals surface area contributed by atoms with Gasteiger partial charge in [0.2, 0.25) is 6.41 Å². The number of ether oxygens (including phenoxy) is 1. The van der Waals surface area contributed by atoms with Crippen molar-refractivity contribution in [1.29, 1.82) is 0 Å². The van der Waals surface area contributed by atoms with Crippen molar-refractivity contribution in [2.24, 2.45) is 0 Å². The Morgan fingerprint density at radius 2 is 1.82 bits per heavy atom. The van der Waals surface area contributed by atoms with Gasteiger partial charge in [-0.2, -0.15) is 8.78 Å². The van der Waals surface area contributed by atoms with Crippen LogP contribution in [0.25, 0.3) is 0 Å². The van der Waals surface area contributed by atoms with E-state index in [9.17, 15) is 23.8 Å². The lowest BCUT2D eigenvalue weighted by atomic mass is 10.1. The highest BCUT2D eigenvalue weighted by molar-refractivity contribution is 5.75. The molecule has 33 heavy (non-hydrogen) atoms. The fraction of sp³-hybridized carbons (Fsp3) is 0.240. The van der Waals surface area contributed by atoms with Gasteiger partial charge in [0.15, 0.2) is 6.61 Å². The number of aliphatic hydroxyl groups excluding tert-OH is 1. The number of benzene rings is 3. The maximum atomic E-state index is 14.3. The molecule has 0 saturated carbocycles. The number of nitrogens with one attached hydrogen (secondary N) is 2. The molecule has 1 amide bonds. The number of phenols is 1. The van der Waals surface area contributed by atoms with Crippen LogP contribution in [0.2, 0.25) is 0 Å². The summed E-state index contributed by atoms with van der Waals surface area (Å²) in [5.41, 5.74) is 1.57. The number of carbonyl (C=O) groups is 1. The third-order valence-corrected chi connectivity index (χ3v) is 5.06. The van der Waals surface area contributed by atoms with E-state index in [-0.39, 0.29) is 23.5 Å². The first kappa shape index (κ1) is 24.2. The van der Waals surface area contributed by atoms with Gasteiger partial charge in [-0.3, -0.25) is 4.79 Å². The van der Waals surface area contributed by atoms with Gasteiger partial charge in [0.1, 0.15) is 11.5 Å². The number of carbonyl (C=O) groups excluding carboxylic acids is 1. The molecule has 0 aromatic heterocycles. The third kappa shape index (κ3) is 7.00. The molecule has 6 nitrogen and oxygen atoms in total. The highest BCUT2D eigenvalue weighted by Gasteiger charge is 2.32. The number of halogens is 2. The molecule has 4 N–H and O–H groups in total. The van der Waals surface area contributed by atoms with E-state index in [0.717, 1.165) is 5.56 Å². The number of phenolic OH excluding ortho intramolecular Hbond substituents is 1.